The van der Waals surface area contributed by atoms with Crippen molar-refractivity contribution < 1.29 is 25.2 Å². The monoisotopic (exact) mass is 463 g/mol. The van der Waals surface area contributed by atoms with Crippen LogP contribution in [-0.4, -0.2) is 66.6 Å². The van der Waals surface area contributed by atoms with Gasteiger partial charge in [0.15, 0.2) is 0 Å². The summed E-state index contributed by atoms with van der Waals surface area (Å²) in [6.45, 7) is 1.43. The third-order valence-corrected chi connectivity index (χ3v) is 6.58. The van der Waals surface area contributed by atoms with Crippen LogP contribution >= 0.6 is 22.9 Å². The first-order valence-corrected chi connectivity index (χ1v) is 10.9. The zero-order valence-electron chi connectivity index (χ0n) is 16.6. The van der Waals surface area contributed by atoms with Crippen molar-refractivity contribution in [2.45, 2.75) is 43.9 Å². The van der Waals surface area contributed by atoms with Crippen molar-refractivity contribution in [3.8, 4) is 10.6 Å². The van der Waals surface area contributed by atoms with Crippen LogP contribution in [-0.2, 0) is 11.2 Å². The molecule has 3 heterocycles. The lowest BCUT2D eigenvalue weighted by atomic mass is 9.90. The highest BCUT2D eigenvalue weighted by molar-refractivity contribution is 7.14. The average molecular weight is 464 g/mol. The molecule has 4 N–H and O–H groups in total. The van der Waals surface area contributed by atoms with Gasteiger partial charge in [-0.05, 0) is 36.2 Å². The van der Waals surface area contributed by atoms with E-state index >= 15 is 0 Å². The maximum atomic E-state index is 10.4. The molecule has 1 aliphatic rings. The van der Waals surface area contributed by atoms with E-state index in [4.69, 9.17) is 16.3 Å². The highest BCUT2D eigenvalue weighted by Gasteiger charge is 2.44. The molecule has 1 fully saturated rings. The summed E-state index contributed by atoms with van der Waals surface area (Å²) in [7, 11) is 0. The van der Waals surface area contributed by atoms with Crippen LogP contribution in [0.4, 0.5) is 0 Å². The Morgan fingerprint density at radius 3 is 2.61 bits per heavy atom. The van der Waals surface area contributed by atoms with Gasteiger partial charge in [-0.1, -0.05) is 35.1 Å². The maximum Gasteiger partial charge on any atom is 0.147 e. The molecule has 0 amide bonds. The summed E-state index contributed by atoms with van der Waals surface area (Å²) in [5, 5.41) is 50.5. The molecule has 8 nitrogen and oxygen atoms in total. The van der Waals surface area contributed by atoms with Gasteiger partial charge >= 0.3 is 0 Å². The fourth-order valence-corrected chi connectivity index (χ4v) is 4.61. The number of hydrogen-bond donors (Lipinski definition) is 4. The molecule has 1 aliphatic heterocycles. The van der Waals surface area contributed by atoms with Gasteiger partial charge in [-0.2, -0.15) is 0 Å². The smallest absolute Gasteiger partial charge is 0.147 e. The number of ether oxygens (including phenoxy) is 1. The second-order valence-electron chi connectivity index (χ2n) is 7.46. The summed E-state index contributed by atoms with van der Waals surface area (Å²) < 4.78 is 5.65. The van der Waals surface area contributed by atoms with Gasteiger partial charge in [-0.3, -0.25) is 4.98 Å². The van der Waals surface area contributed by atoms with Crippen LogP contribution in [0, 0.1) is 6.92 Å². The SMILES string of the molecule is Cc1cc(-c2nnc(Cc3cc([C@@H]4O[C@H](CO)[C@@H](O)[C@H](O)[C@H]4O)ccc3Cl)s2)ccn1. The van der Waals surface area contributed by atoms with Gasteiger partial charge in [-0.15, -0.1) is 10.2 Å². The molecular weight excluding hydrogens is 442 g/mol. The van der Waals surface area contributed by atoms with Crippen LogP contribution in [0.15, 0.2) is 36.5 Å². The third kappa shape index (κ3) is 4.63. The number of aryl methyl sites for hydroxylation is 1. The Balaban J connectivity index is 1.58. The van der Waals surface area contributed by atoms with Gasteiger partial charge in [0.1, 0.15) is 40.5 Å². The minimum absolute atomic E-state index is 0.422. The number of halogens is 1. The van der Waals surface area contributed by atoms with Crippen LogP contribution < -0.4 is 0 Å². The Bertz CT molecular complexity index is 1060. The van der Waals surface area contributed by atoms with Gasteiger partial charge in [0.25, 0.3) is 0 Å². The number of aliphatic hydroxyl groups is 4. The topological polar surface area (TPSA) is 129 Å². The second kappa shape index (κ2) is 9.25. The molecule has 2 aromatic heterocycles. The summed E-state index contributed by atoms with van der Waals surface area (Å²) in [5.74, 6) is 0. The number of rotatable bonds is 5. The van der Waals surface area contributed by atoms with Crippen molar-refractivity contribution >= 4 is 22.9 Å². The normalized spacial score (nSPS) is 26.2. The Morgan fingerprint density at radius 1 is 1.06 bits per heavy atom. The quantitative estimate of drug-likeness (QED) is 0.449. The molecule has 0 radical (unpaired) electrons. The van der Waals surface area contributed by atoms with E-state index in [1.54, 1.807) is 24.4 Å². The van der Waals surface area contributed by atoms with E-state index in [0.29, 0.717) is 17.0 Å². The first-order valence-electron chi connectivity index (χ1n) is 9.71. The molecule has 5 atom stereocenters. The molecular formula is C21H22ClN3O5S. The van der Waals surface area contributed by atoms with E-state index in [9.17, 15) is 20.4 Å². The molecule has 0 unspecified atom stereocenters. The van der Waals surface area contributed by atoms with Crippen molar-refractivity contribution in [3.63, 3.8) is 0 Å². The largest absolute Gasteiger partial charge is 0.394 e. The molecule has 1 aromatic carbocycles. The molecule has 0 bridgehead atoms. The van der Waals surface area contributed by atoms with E-state index in [1.165, 1.54) is 11.3 Å². The summed E-state index contributed by atoms with van der Waals surface area (Å²) in [4.78, 5) is 4.19. The molecule has 4 rings (SSSR count). The third-order valence-electron chi connectivity index (χ3n) is 5.24. The molecule has 0 saturated carbocycles. The Labute approximate surface area is 187 Å². The van der Waals surface area contributed by atoms with Crippen LogP contribution in [0.3, 0.4) is 0 Å². The van der Waals surface area contributed by atoms with Crippen molar-refractivity contribution in [1.29, 1.82) is 0 Å². The lowest BCUT2D eigenvalue weighted by Crippen LogP contribution is -2.55. The standard InChI is InChI=1S/C21H22ClN3O5S/c1-10-6-12(4-5-23-10)21-25-24-16(31-21)8-13-7-11(2-3-14(13)22)20-19(29)18(28)17(27)15(9-26)30-20/h2-7,15,17-20,26-29H,8-9H2,1H3/t15-,17-,18+,19-,20+/m1/s1. The van der Waals surface area contributed by atoms with E-state index in [2.05, 4.69) is 15.2 Å². The Kier molecular flexibility index (Phi) is 6.63. The first-order chi connectivity index (χ1) is 14.9. The fraction of sp³-hybridized carbons (Fsp3) is 0.381. The highest BCUT2D eigenvalue weighted by Crippen LogP contribution is 2.35. The molecule has 0 aliphatic carbocycles. The van der Waals surface area contributed by atoms with Crippen LogP contribution in [0.2, 0.25) is 5.02 Å². The fourth-order valence-electron chi connectivity index (χ4n) is 3.57. The predicted octanol–water partition coefficient (Wildman–Crippen LogP) is 1.67. The summed E-state index contributed by atoms with van der Waals surface area (Å²) in [6.07, 6.45) is -3.94. The zero-order valence-corrected chi connectivity index (χ0v) is 18.2. The van der Waals surface area contributed by atoms with Gasteiger partial charge < -0.3 is 25.2 Å². The van der Waals surface area contributed by atoms with Crippen LogP contribution in [0.25, 0.3) is 10.6 Å². The number of benzene rings is 1. The second-order valence-corrected chi connectivity index (χ2v) is 8.93. The summed E-state index contributed by atoms with van der Waals surface area (Å²) >= 11 is 7.84. The van der Waals surface area contributed by atoms with Crippen LogP contribution in [0.1, 0.15) is 27.9 Å². The number of pyridine rings is 1. The van der Waals surface area contributed by atoms with Gasteiger partial charge in [0.05, 0.1) is 6.61 Å². The van der Waals surface area contributed by atoms with E-state index in [1.807, 2.05) is 19.1 Å². The predicted molar refractivity (Wildman–Crippen MR) is 115 cm³/mol. The maximum absolute atomic E-state index is 10.4. The number of hydrogen-bond acceptors (Lipinski definition) is 9. The van der Waals surface area contributed by atoms with E-state index in [0.717, 1.165) is 26.8 Å². The first kappa shape index (κ1) is 22.2. The van der Waals surface area contributed by atoms with Crippen molar-refractivity contribution in [2.75, 3.05) is 6.61 Å². The van der Waals surface area contributed by atoms with E-state index in [-0.39, 0.29) is 0 Å². The number of nitrogens with zero attached hydrogens (tertiary/aromatic N) is 3. The van der Waals surface area contributed by atoms with Gasteiger partial charge in [0.2, 0.25) is 0 Å². The van der Waals surface area contributed by atoms with Gasteiger partial charge in [0, 0.05) is 28.9 Å². The van der Waals surface area contributed by atoms with Crippen molar-refractivity contribution in [2.24, 2.45) is 0 Å². The Morgan fingerprint density at radius 2 is 1.87 bits per heavy atom. The zero-order chi connectivity index (χ0) is 22.1. The molecule has 0 spiro atoms. The minimum Gasteiger partial charge on any atom is -0.394 e. The lowest BCUT2D eigenvalue weighted by Gasteiger charge is -2.40. The lowest BCUT2D eigenvalue weighted by molar-refractivity contribution is -0.231. The van der Waals surface area contributed by atoms with Crippen LogP contribution in [0.5, 0.6) is 0 Å². The summed E-state index contributed by atoms with van der Waals surface area (Å²) in [6, 6.07) is 8.96. The molecule has 1 saturated heterocycles. The molecule has 31 heavy (non-hydrogen) atoms. The number of aromatic nitrogens is 3. The van der Waals surface area contributed by atoms with Gasteiger partial charge in [-0.25, -0.2) is 0 Å². The van der Waals surface area contributed by atoms with E-state index < -0.39 is 37.1 Å². The molecule has 164 valence electrons. The Hall–Kier alpha value is -1.98. The average Bonchev–Trinajstić information content (AvgIpc) is 3.23. The number of aliphatic hydroxyl groups excluding tert-OH is 4. The summed E-state index contributed by atoms with van der Waals surface area (Å²) in [5.41, 5.74) is 3.16. The molecule has 10 heteroatoms. The van der Waals surface area contributed by atoms with Crippen molar-refractivity contribution in [3.05, 3.63) is 63.4 Å². The minimum atomic E-state index is -1.44. The van der Waals surface area contributed by atoms with Crippen molar-refractivity contribution in [1.82, 2.24) is 15.2 Å². The molecule has 3 aromatic rings. The highest BCUT2D eigenvalue weighted by atomic mass is 35.5.